The van der Waals surface area contributed by atoms with E-state index in [2.05, 4.69) is 16.3 Å². The van der Waals surface area contributed by atoms with Crippen molar-refractivity contribution in [1.29, 1.82) is 0 Å². The summed E-state index contributed by atoms with van der Waals surface area (Å²) in [5.41, 5.74) is 8.70. The van der Waals surface area contributed by atoms with E-state index in [0.717, 1.165) is 31.9 Å². The largest absolute Gasteiger partial charge is 0.456 e. The van der Waals surface area contributed by atoms with E-state index in [1.54, 1.807) is 18.2 Å². The first kappa shape index (κ1) is 13.9. The van der Waals surface area contributed by atoms with Crippen molar-refractivity contribution in [2.75, 3.05) is 36.8 Å². The molecule has 0 radical (unpaired) electrons. The summed E-state index contributed by atoms with van der Waals surface area (Å²) in [6.45, 7) is 4.30. The fourth-order valence-electron chi connectivity index (χ4n) is 4.12. The molecule has 2 atom stereocenters. The number of benzene rings is 2. The van der Waals surface area contributed by atoms with Crippen LogP contribution in [0.2, 0.25) is 0 Å². The number of nitrogen functional groups attached to an aromatic ring is 1. The molecular formula is C19H19N3O2. The summed E-state index contributed by atoms with van der Waals surface area (Å²) in [5, 5.41) is 4.63. The van der Waals surface area contributed by atoms with Gasteiger partial charge in [-0.3, -0.25) is 4.79 Å². The highest BCUT2D eigenvalue weighted by Crippen LogP contribution is 2.32. The zero-order valence-electron chi connectivity index (χ0n) is 13.3. The van der Waals surface area contributed by atoms with E-state index in [9.17, 15) is 4.79 Å². The summed E-state index contributed by atoms with van der Waals surface area (Å²) in [7, 11) is 0. The minimum atomic E-state index is -0.0125. The first-order valence-corrected chi connectivity index (χ1v) is 8.41. The van der Waals surface area contributed by atoms with Crippen molar-refractivity contribution in [3.63, 3.8) is 0 Å². The minimum Gasteiger partial charge on any atom is -0.456 e. The highest BCUT2D eigenvalue weighted by molar-refractivity contribution is 5.92. The Morgan fingerprint density at radius 2 is 1.67 bits per heavy atom. The summed E-state index contributed by atoms with van der Waals surface area (Å²) in [4.78, 5) is 15.2. The number of fused-ring (bicyclic) bond motifs is 3. The summed E-state index contributed by atoms with van der Waals surface area (Å²) < 4.78 is 5.89. The van der Waals surface area contributed by atoms with Gasteiger partial charge in [-0.25, -0.2) is 0 Å². The number of nitrogens with zero attached hydrogens (tertiary/aromatic N) is 1. The number of nitrogens with two attached hydrogens (primary N) is 1. The zero-order chi connectivity index (χ0) is 16.3. The molecule has 0 amide bonds. The lowest BCUT2D eigenvalue weighted by Gasteiger charge is -2.20. The van der Waals surface area contributed by atoms with E-state index in [-0.39, 0.29) is 5.43 Å². The molecule has 2 saturated heterocycles. The predicted octanol–water partition coefficient (Wildman–Crippen LogP) is 2.18. The summed E-state index contributed by atoms with van der Waals surface area (Å²) in [6, 6.07) is 11.1. The monoisotopic (exact) mass is 321 g/mol. The van der Waals surface area contributed by atoms with Gasteiger partial charge in [-0.15, -0.1) is 0 Å². The van der Waals surface area contributed by atoms with Gasteiger partial charge < -0.3 is 20.4 Å². The van der Waals surface area contributed by atoms with Gasteiger partial charge in [0, 0.05) is 37.6 Å². The van der Waals surface area contributed by atoms with Crippen molar-refractivity contribution < 1.29 is 4.42 Å². The molecule has 122 valence electrons. The quantitative estimate of drug-likeness (QED) is 0.531. The molecule has 0 aliphatic carbocycles. The molecule has 5 rings (SSSR count). The Bertz CT molecular complexity index is 999. The van der Waals surface area contributed by atoms with E-state index in [0.29, 0.717) is 39.5 Å². The van der Waals surface area contributed by atoms with Crippen LogP contribution < -0.4 is 21.4 Å². The lowest BCUT2D eigenvalue weighted by atomic mass is 10.0. The molecule has 5 nitrogen and oxygen atoms in total. The maximum atomic E-state index is 12.9. The van der Waals surface area contributed by atoms with E-state index in [4.69, 9.17) is 10.2 Å². The Morgan fingerprint density at radius 1 is 1.00 bits per heavy atom. The number of anilines is 2. The Hall–Kier alpha value is -2.53. The first-order valence-electron chi connectivity index (χ1n) is 8.41. The summed E-state index contributed by atoms with van der Waals surface area (Å²) in [5.74, 6) is 1.43. The second kappa shape index (κ2) is 4.98. The zero-order valence-corrected chi connectivity index (χ0v) is 13.3. The van der Waals surface area contributed by atoms with Gasteiger partial charge in [0.2, 0.25) is 5.43 Å². The van der Waals surface area contributed by atoms with Crippen molar-refractivity contribution in [2.45, 2.75) is 0 Å². The summed E-state index contributed by atoms with van der Waals surface area (Å²) >= 11 is 0. The lowest BCUT2D eigenvalue weighted by Crippen LogP contribution is -2.25. The van der Waals surface area contributed by atoms with E-state index in [1.807, 2.05) is 12.1 Å². The average molecular weight is 321 g/mol. The van der Waals surface area contributed by atoms with Gasteiger partial charge in [0.1, 0.15) is 11.2 Å². The van der Waals surface area contributed by atoms with Gasteiger partial charge in [0.05, 0.1) is 10.8 Å². The molecule has 2 aliphatic rings. The first-order chi connectivity index (χ1) is 11.7. The van der Waals surface area contributed by atoms with E-state index >= 15 is 0 Å². The molecule has 5 heteroatoms. The van der Waals surface area contributed by atoms with Crippen LogP contribution in [0.1, 0.15) is 0 Å². The maximum absolute atomic E-state index is 12.9. The van der Waals surface area contributed by atoms with Crippen LogP contribution in [-0.4, -0.2) is 26.2 Å². The van der Waals surface area contributed by atoms with Crippen molar-refractivity contribution >= 4 is 33.3 Å². The second-order valence-corrected chi connectivity index (χ2v) is 6.95. The Balaban J connectivity index is 1.63. The van der Waals surface area contributed by atoms with Crippen LogP contribution >= 0.6 is 0 Å². The highest BCUT2D eigenvalue weighted by Gasteiger charge is 2.36. The van der Waals surface area contributed by atoms with Crippen LogP contribution in [0.5, 0.6) is 0 Å². The van der Waals surface area contributed by atoms with Gasteiger partial charge in [-0.05, 0) is 48.2 Å². The predicted molar refractivity (Wildman–Crippen MR) is 96.5 cm³/mol. The molecule has 3 N–H and O–H groups in total. The second-order valence-electron chi connectivity index (χ2n) is 6.95. The van der Waals surface area contributed by atoms with Crippen LogP contribution in [0, 0.1) is 11.8 Å². The molecule has 2 unspecified atom stereocenters. The molecule has 3 aromatic rings. The van der Waals surface area contributed by atoms with Crippen molar-refractivity contribution in [1.82, 2.24) is 5.32 Å². The summed E-state index contributed by atoms with van der Waals surface area (Å²) in [6.07, 6.45) is 0. The van der Waals surface area contributed by atoms with Gasteiger partial charge in [0.25, 0.3) is 0 Å². The number of nitrogens with one attached hydrogen (secondary N) is 1. The molecule has 2 aliphatic heterocycles. The van der Waals surface area contributed by atoms with Crippen LogP contribution in [0.3, 0.4) is 0 Å². The molecule has 0 saturated carbocycles. The molecular weight excluding hydrogens is 302 g/mol. The standard InChI is InChI=1S/C19H19N3O2/c20-13-1-3-17-15(5-13)19(23)16-6-14(2-4-18(16)24-17)22-9-11-7-21-8-12(11)10-22/h1-6,11-12,21H,7-10,20H2. The van der Waals surface area contributed by atoms with Crippen LogP contribution in [0.4, 0.5) is 11.4 Å². The Morgan fingerprint density at radius 3 is 2.42 bits per heavy atom. The molecule has 1 aromatic heterocycles. The van der Waals surface area contributed by atoms with Gasteiger partial charge in [0.15, 0.2) is 0 Å². The SMILES string of the molecule is Nc1ccc2oc3ccc(N4CC5CNCC5C4)cc3c(=O)c2c1. The number of hydrogen-bond donors (Lipinski definition) is 2. The fourth-order valence-corrected chi connectivity index (χ4v) is 4.12. The highest BCUT2D eigenvalue weighted by atomic mass is 16.3. The van der Waals surface area contributed by atoms with Crippen molar-refractivity contribution in [3.8, 4) is 0 Å². The lowest BCUT2D eigenvalue weighted by molar-refractivity contribution is 0.533. The molecule has 2 fully saturated rings. The number of hydrogen-bond acceptors (Lipinski definition) is 5. The number of rotatable bonds is 1. The maximum Gasteiger partial charge on any atom is 0.200 e. The van der Waals surface area contributed by atoms with Crippen LogP contribution in [-0.2, 0) is 0 Å². The van der Waals surface area contributed by atoms with E-state index in [1.165, 1.54) is 0 Å². The normalized spacial score (nSPS) is 23.2. The molecule has 2 aromatic carbocycles. The Kier molecular flexibility index (Phi) is 2.88. The third-order valence-corrected chi connectivity index (χ3v) is 5.43. The van der Waals surface area contributed by atoms with Crippen LogP contribution in [0.15, 0.2) is 45.6 Å². The molecule has 0 bridgehead atoms. The van der Waals surface area contributed by atoms with Crippen molar-refractivity contribution in [2.24, 2.45) is 11.8 Å². The third kappa shape index (κ3) is 2.01. The van der Waals surface area contributed by atoms with Crippen molar-refractivity contribution in [3.05, 3.63) is 46.6 Å². The Labute approximate surface area is 139 Å². The third-order valence-electron chi connectivity index (χ3n) is 5.43. The van der Waals surface area contributed by atoms with Gasteiger partial charge >= 0.3 is 0 Å². The molecule has 24 heavy (non-hydrogen) atoms. The van der Waals surface area contributed by atoms with Crippen LogP contribution in [0.25, 0.3) is 21.9 Å². The van der Waals surface area contributed by atoms with Gasteiger partial charge in [-0.1, -0.05) is 0 Å². The minimum absolute atomic E-state index is 0.0125. The van der Waals surface area contributed by atoms with Gasteiger partial charge in [-0.2, -0.15) is 0 Å². The van der Waals surface area contributed by atoms with E-state index < -0.39 is 0 Å². The molecule has 0 spiro atoms. The topological polar surface area (TPSA) is 71.5 Å². The molecule has 3 heterocycles. The smallest absolute Gasteiger partial charge is 0.200 e. The average Bonchev–Trinajstić information content (AvgIpc) is 3.17. The fraction of sp³-hybridized carbons (Fsp3) is 0.316.